The molecule has 2 nitrogen and oxygen atoms in total. The monoisotopic (exact) mass is 153 g/mol. The fourth-order valence-corrected chi connectivity index (χ4v) is 0.591. The Hall–Kier alpha value is -1.05. The first-order valence-corrected chi connectivity index (χ1v) is 3.80. The van der Waals surface area contributed by atoms with E-state index in [4.69, 9.17) is 0 Å². The number of allylic oxidation sites excluding steroid dienone is 4. The molecular formula is C9H15NO. The van der Waals surface area contributed by atoms with Gasteiger partial charge in [0.25, 0.3) is 0 Å². The van der Waals surface area contributed by atoms with E-state index in [1.165, 1.54) is 0 Å². The molecule has 11 heavy (non-hydrogen) atoms. The Morgan fingerprint density at radius 1 is 1.55 bits per heavy atom. The molecule has 0 bridgehead atoms. The Bertz CT molecular complexity index is 180. The molecule has 0 aromatic heterocycles. The number of amides is 1. The molecule has 0 rings (SSSR count). The zero-order valence-electron chi connectivity index (χ0n) is 7.35. The average molecular weight is 153 g/mol. The van der Waals surface area contributed by atoms with Crippen LogP contribution >= 0.6 is 0 Å². The van der Waals surface area contributed by atoms with Gasteiger partial charge >= 0.3 is 0 Å². The first kappa shape index (κ1) is 9.95. The minimum atomic E-state index is 0.0586. The van der Waals surface area contributed by atoms with Crippen LogP contribution in [0.2, 0.25) is 0 Å². The van der Waals surface area contributed by atoms with E-state index in [0.717, 1.165) is 5.70 Å². The molecule has 0 aliphatic carbocycles. The molecule has 0 radical (unpaired) electrons. The van der Waals surface area contributed by atoms with Crippen LogP contribution in [0, 0.1) is 0 Å². The Balaban J connectivity index is 3.85. The van der Waals surface area contributed by atoms with E-state index in [1.807, 2.05) is 39.0 Å². The number of nitrogens with one attached hydrogen (secondary N) is 1. The first-order valence-electron chi connectivity index (χ1n) is 3.80. The standard InChI is InChI=1S/C9H15NO/c1-4-6-7-8(3)10-9(11)5-2/h4,6-7H,5H2,1-3H3,(H,10,11)/b6-4-,8-7+. The molecule has 0 saturated heterocycles. The Labute approximate surface area is 68.0 Å². The number of carbonyl (C=O) groups excluding carboxylic acids is 1. The van der Waals surface area contributed by atoms with Crippen molar-refractivity contribution < 1.29 is 4.79 Å². The lowest BCUT2D eigenvalue weighted by Gasteiger charge is -2.00. The van der Waals surface area contributed by atoms with Gasteiger partial charge in [0, 0.05) is 12.1 Å². The number of hydrogen-bond donors (Lipinski definition) is 1. The Morgan fingerprint density at radius 3 is 2.64 bits per heavy atom. The van der Waals surface area contributed by atoms with Crippen molar-refractivity contribution in [1.29, 1.82) is 0 Å². The summed E-state index contributed by atoms with van der Waals surface area (Å²) < 4.78 is 0. The van der Waals surface area contributed by atoms with Gasteiger partial charge in [0.2, 0.25) is 5.91 Å². The van der Waals surface area contributed by atoms with Crippen molar-refractivity contribution in [3.8, 4) is 0 Å². The second-order valence-electron chi connectivity index (χ2n) is 2.28. The van der Waals surface area contributed by atoms with Crippen LogP contribution in [0.5, 0.6) is 0 Å². The van der Waals surface area contributed by atoms with Crippen LogP contribution in [0.3, 0.4) is 0 Å². The van der Waals surface area contributed by atoms with Gasteiger partial charge in [-0.15, -0.1) is 0 Å². The predicted octanol–water partition coefficient (Wildman–Crippen LogP) is 1.99. The topological polar surface area (TPSA) is 29.1 Å². The maximum absolute atomic E-state index is 10.8. The van der Waals surface area contributed by atoms with Gasteiger partial charge < -0.3 is 5.32 Å². The zero-order chi connectivity index (χ0) is 8.69. The summed E-state index contributed by atoms with van der Waals surface area (Å²) in [6, 6.07) is 0. The number of hydrogen-bond acceptors (Lipinski definition) is 1. The van der Waals surface area contributed by atoms with Crippen molar-refractivity contribution in [1.82, 2.24) is 5.32 Å². The van der Waals surface area contributed by atoms with Gasteiger partial charge in [-0.1, -0.05) is 19.1 Å². The van der Waals surface area contributed by atoms with Crippen LogP contribution in [0.4, 0.5) is 0 Å². The van der Waals surface area contributed by atoms with Gasteiger partial charge in [0.05, 0.1) is 0 Å². The van der Waals surface area contributed by atoms with Crippen molar-refractivity contribution >= 4 is 5.91 Å². The summed E-state index contributed by atoms with van der Waals surface area (Å²) in [6.45, 7) is 5.64. The molecule has 0 heterocycles. The van der Waals surface area contributed by atoms with E-state index >= 15 is 0 Å². The van der Waals surface area contributed by atoms with Crippen LogP contribution in [0.25, 0.3) is 0 Å². The summed E-state index contributed by atoms with van der Waals surface area (Å²) in [5.41, 5.74) is 0.884. The van der Waals surface area contributed by atoms with E-state index in [9.17, 15) is 4.79 Å². The lowest BCUT2D eigenvalue weighted by atomic mass is 10.3. The molecule has 62 valence electrons. The summed E-state index contributed by atoms with van der Waals surface area (Å²) in [5, 5.41) is 2.74. The highest BCUT2D eigenvalue weighted by atomic mass is 16.1. The molecule has 0 fully saturated rings. The van der Waals surface area contributed by atoms with Crippen molar-refractivity contribution in [2.24, 2.45) is 0 Å². The van der Waals surface area contributed by atoms with Crippen molar-refractivity contribution in [2.45, 2.75) is 27.2 Å². The van der Waals surface area contributed by atoms with Crippen LogP contribution < -0.4 is 5.32 Å². The summed E-state index contributed by atoms with van der Waals surface area (Å²) in [5.74, 6) is 0.0586. The molecule has 0 aromatic carbocycles. The van der Waals surface area contributed by atoms with Crippen molar-refractivity contribution in [3.05, 3.63) is 23.9 Å². The van der Waals surface area contributed by atoms with Crippen LogP contribution in [0.15, 0.2) is 23.9 Å². The fraction of sp³-hybridized carbons (Fsp3) is 0.444. The highest BCUT2D eigenvalue weighted by molar-refractivity contribution is 5.77. The molecule has 0 unspecified atom stereocenters. The molecule has 0 aliphatic heterocycles. The first-order chi connectivity index (χ1) is 5.20. The molecule has 0 saturated carbocycles. The van der Waals surface area contributed by atoms with Crippen molar-refractivity contribution in [2.75, 3.05) is 0 Å². The van der Waals surface area contributed by atoms with E-state index in [-0.39, 0.29) is 5.91 Å². The molecule has 1 N–H and O–H groups in total. The largest absolute Gasteiger partial charge is 0.330 e. The molecule has 0 atom stereocenters. The van der Waals surface area contributed by atoms with Gasteiger partial charge in [-0.2, -0.15) is 0 Å². The summed E-state index contributed by atoms with van der Waals surface area (Å²) in [4.78, 5) is 10.8. The van der Waals surface area contributed by atoms with E-state index in [0.29, 0.717) is 6.42 Å². The molecule has 1 amide bonds. The summed E-state index contributed by atoms with van der Waals surface area (Å²) >= 11 is 0. The number of rotatable bonds is 3. The zero-order valence-corrected chi connectivity index (χ0v) is 7.35. The lowest BCUT2D eigenvalue weighted by molar-refractivity contribution is -0.120. The molecule has 0 aliphatic rings. The lowest BCUT2D eigenvalue weighted by Crippen LogP contribution is -2.19. The maximum Gasteiger partial charge on any atom is 0.223 e. The third kappa shape index (κ3) is 5.40. The van der Waals surface area contributed by atoms with Crippen LogP contribution in [-0.2, 0) is 4.79 Å². The van der Waals surface area contributed by atoms with Gasteiger partial charge in [-0.25, -0.2) is 0 Å². The summed E-state index contributed by atoms with van der Waals surface area (Å²) in [6.07, 6.45) is 6.21. The fourth-order valence-electron chi connectivity index (χ4n) is 0.591. The van der Waals surface area contributed by atoms with Crippen LogP contribution in [-0.4, -0.2) is 5.91 Å². The third-order valence-electron chi connectivity index (χ3n) is 1.20. The van der Waals surface area contributed by atoms with Gasteiger partial charge in [0.1, 0.15) is 0 Å². The van der Waals surface area contributed by atoms with E-state index < -0.39 is 0 Å². The maximum atomic E-state index is 10.8. The normalized spacial score (nSPS) is 12.1. The Kier molecular flexibility index (Phi) is 5.17. The average Bonchev–Trinajstić information content (AvgIpc) is 2.00. The third-order valence-corrected chi connectivity index (χ3v) is 1.20. The van der Waals surface area contributed by atoms with Crippen molar-refractivity contribution in [3.63, 3.8) is 0 Å². The van der Waals surface area contributed by atoms with Gasteiger partial charge in [0.15, 0.2) is 0 Å². The van der Waals surface area contributed by atoms with Gasteiger partial charge in [-0.3, -0.25) is 4.79 Å². The highest BCUT2D eigenvalue weighted by Crippen LogP contribution is 1.88. The molecule has 2 heteroatoms. The van der Waals surface area contributed by atoms with E-state index in [1.54, 1.807) is 0 Å². The minimum absolute atomic E-state index is 0.0586. The SMILES string of the molecule is C/C=C\C=C(/C)NC(=O)CC. The molecular weight excluding hydrogens is 138 g/mol. The van der Waals surface area contributed by atoms with Gasteiger partial charge in [-0.05, 0) is 19.9 Å². The smallest absolute Gasteiger partial charge is 0.223 e. The summed E-state index contributed by atoms with van der Waals surface area (Å²) in [7, 11) is 0. The highest BCUT2D eigenvalue weighted by Gasteiger charge is 1.94. The number of carbonyl (C=O) groups is 1. The second-order valence-corrected chi connectivity index (χ2v) is 2.28. The Morgan fingerprint density at radius 2 is 2.18 bits per heavy atom. The predicted molar refractivity (Wildman–Crippen MR) is 47.0 cm³/mol. The minimum Gasteiger partial charge on any atom is -0.330 e. The van der Waals surface area contributed by atoms with Crippen LogP contribution in [0.1, 0.15) is 27.2 Å². The molecule has 0 spiro atoms. The van der Waals surface area contributed by atoms with E-state index in [2.05, 4.69) is 5.32 Å². The quantitative estimate of drug-likeness (QED) is 0.617. The molecule has 0 aromatic rings. The second kappa shape index (κ2) is 5.71.